The molecule has 0 unspecified atom stereocenters. The molecular formula is C31H32N2O5. The van der Waals surface area contributed by atoms with E-state index in [0.717, 1.165) is 54.7 Å². The molecule has 0 spiro atoms. The van der Waals surface area contributed by atoms with Gasteiger partial charge in [-0.15, -0.1) is 0 Å². The first-order valence-corrected chi connectivity index (χ1v) is 13.1. The number of fused-ring (bicyclic) bond motifs is 3. The molecule has 1 aromatic heterocycles. The molecule has 7 heteroatoms. The first-order chi connectivity index (χ1) is 18.6. The van der Waals surface area contributed by atoms with Gasteiger partial charge in [-0.05, 0) is 67.4 Å². The molecule has 2 aliphatic rings. The van der Waals surface area contributed by atoms with Crippen molar-refractivity contribution in [3.63, 3.8) is 0 Å². The molecule has 2 aliphatic heterocycles. The largest absolute Gasteiger partial charge is 0.493 e. The zero-order valence-corrected chi connectivity index (χ0v) is 21.8. The van der Waals surface area contributed by atoms with E-state index in [1.165, 1.54) is 5.56 Å². The summed E-state index contributed by atoms with van der Waals surface area (Å²) in [6.07, 6.45) is 2.17. The Hall–Kier alpha value is -3.81. The SMILES string of the molecule is COc1ccc(-c2cc3ccc4c(c3oc2=O)CN(C2CCN(Cc3ccccc3)CC2)CO4)cc1OC. The van der Waals surface area contributed by atoms with Gasteiger partial charge in [0, 0.05) is 24.5 Å². The summed E-state index contributed by atoms with van der Waals surface area (Å²) in [5.41, 5.74) is 3.72. The molecule has 0 atom stereocenters. The van der Waals surface area contributed by atoms with Gasteiger partial charge in [-0.3, -0.25) is 9.80 Å². The number of hydrogen-bond acceptors (Lipinski definition) is 7. The summed E-state index contributed by atoms with van der Waals surface area (Å²) < 4.78 is 22.9. The van der Waals surface area contributed by atoms with Crippen molar-refractivity contribution in [2.24, 2.45) is 0 Å². The highest BCUT2D eigenvalue weighted by atomic mass is 16.5. The van der Waals surface area contributed by atoms with Crippen LogP contribution in [-0.4, -0.2) is 49.9 Å². The Bertz CT molecular complexity index is 1490. The van der Waals surface area contributed by atoms with Gasteiger partial charge in [-0.25, -0.2) is 4.79 Å². The van der Waals surface area contributed by atoms with Crippen LogP contribution in [0.5, 0.6) is 17.2 Å². The molecule has 3 heterocycles. The van der Waals surface area contributed by atoms with Crippen molar-refractivity contribution in [3.05, 3.63) is 88.3 Å². The van der Waals surface area contributed by atoms with Crippen molar-refractivity contribution in [3.8, 4) is 28.4 Å². The lowest BCUT2D eigenvalue weighted by Gasteiger charge is -2.40. The topological polar surface area (TPSA) is 64.4 Å². The summed E-state index contributed by atoms with van der Waals surface area (Å²) in [6, 6.07) is 22.3. The number of ether oxygens (including phenoxy) is 3. The third-order valence-corrected chi connectivity index (χ3v) is 7.73. The molecule has 4 aromatic rings. The van der Waals surface area contributed by atoms with Crippen molar-refractivity contribution in [2.45, 2.75) is 32.0 Å². The Kier molecular flexibility index (Phi) is 6.79. The van der Waals surface area contributed by atoms with E-state index in [-0.39, 0.29) is 5.63 Å². The van der Waals surface area contributed by atoms with E-state index in [2.05, 4.69) is 40.1 Å². The Balaban J connectivity index is 1.22. The lowest BCUT2D eigenvalue weighted by molar-refractivity contribution is 0.0244. The summed E-state index contributed by atoms with van der Waals surface area (Å²) in [7, 11) is 3.17. The number of benzene rings is 3. The molecule has 0 saturated carbocycles. The van der Waals surface area contributed by atoms with Crippen LogP contribution in [0, 0.1) is 0 Å². The van der Waals surface area contributed by atoms with Crippen LogP contribution >= 0.6 is 0 Å². The highest BCUT2D eigenvalue weighted by Gasteiger charge is 2.30. The molecular weight excluding hydrogens is 480 g/mol. The molecule has 38 heavy (non-hydrogen) atoms. The minimum atomic E-state index is -0.385. The quantitative estimate of drug-likeness (QED) is 0.325. The number of piperidine rings is 1. The molecule has 1 fully saturated rings. The fraction of sp³-hybridized carbons (Fsp3) is 0.323. The third kappa shape index (κ3) is 4.75. The molecule has 7 nitrogen and oxygen atoms in total. The van der Waals surface area contributed by atoms with Crippen molar-refractivity contribution >= 4 is 11.0 Å². The second kappa shape index (κ2) is 10.5. The van der Waals surface area contributed by atoms with Gasteiger partial charge in [-0.2, -0.15) is 0 Å². The molecule has 1 saturated heterocycles. The summed E-state index contributed by atoms with van der Waals surface area (Å²) in [5.74, 6) is 1.96. The standard InChI is InChI=1S/C31H32N2O5/c1-35-28-11-8-22(17-29(28)36-2)25-16-23-9-10-27-26(30(23)38-31(25)34)19-33(20-37-27)24-12-14-32(15-13-24)18-21-6-4-3-5-7-21/h3-11,16-17,24H,12-15,18-20H2,1-2H3. The van der Waals surface area contributed by atoms with Gasteiger partial charge < -0.3 is 18.6 Å². The average molecular weight is 513 g/mol. The molecule has 0 N–H and O–H groups in total. The van der Waals surface area contributed by atoms with Gasteiger partial charge in [0.05, 0.1) is 25.3 Å². The van der Waals surface area contributed by atoms with E-state index in [4.69, 9.17) is 18.6 Å². The Morgan fingerprint density at radius 2 is 1.71 bits per heavy atom. The van der Waals surface area contributed by atoms with Gasteiger partial charge >= 0.3 is 5.63 Å². The van der Waals surface area contributed by atoms with E-state index < -0.39 is 0 Å². The van der Waals surface area contributed by atoms with E-state index in [9.17, 15) is 4.79 Å². The van der Waals surface area contributed by atoms with Crippen LogP contribution in [0.2, 0.25) is 0 Å². The second-order valence-corrected chi connectivity index (χ2v) is 9.99. The number of rotatable bonds is 6. The van der Waals surface area contributed by atoms with E-state index in [1.807, 2.05) is 24.3 Å². The van der Waals surface area contributed by atoms with Gasteiger partial charge in [0.1, 0.15) is 18.1 Å². The molecule has 196 valence electrons. The van der Waals surface area contributed by atoms with Crippen molar-refractivity contribution in [1.29, 1.82) is 0 Å². The fourth-order valence-corrected chi connectivity index (χ4v) is 5.63. The first kappa shape index (κ1) is 24.5. The zero-order valence-electron chi connectivity index (χ0n) is 21.8. The maximum absolute atomic E-state index is 13.1. The number of methoxy groups -OCH3 is 2. The van der Waals surface area contributed by atoms with Crippen LogP contribution in [0.25, 0.3) is 22.1 Å². The van der Waals surface area contributed by atoms with Crippen LogP contribution in [0.15, 0.2) is 75.9 Å². The molecule has 6 rings (SSSR count). The first-order valence-electron chi connectivity index (χ1n) is 13.1. The summed E-state index contributed by atoms with van der Waals surface area (Å²) >= 11 is 0. The van der Waals surface area contributed by atoms with E-state index >= 15 is 0 Å². The maximum Gasteiger partial charge on any atom is 0.344 e. The Morgan fingerprint density at radius 1 is 0.921 bits per heavy atom. The molecule has 0 radical (unpaired) electrons. The van der Waals surface area contributed by atoms with E-state index in [0.29, 0.717) is 42.0 Å². The number of nitrogens with zero attached hydrogens (tertiary/aromatic N) is 2. The predicted molar refractivity (Wildman–Crippen MR) is 147 cm³/mol. The van der Waals surface area contributed by atoms with Crippen LogP contribution in [0.4, 0.5) is 0 Å². The molecule has 0 amide bonds. The summed E-state index contributed by atoms with van der Waals surface area (Å²) in [4.78, 5) is 18.0. The lowest BCUT2D eigenvalue weighted by atomic mass is 10.00. The fourth-order valence-electron chi connectivity index (χ4n) is 5.63. The van der Waals surface area contributed by atoms with Crippen molar-refractivity contribution in [2.75, 3.05) is 34.0 Å². The zero-order chi connectivity index (χ0) is 26.1. The van der Waals surface area contributed by atoms with Crippen LogP contribution in [-0.2, 0) is 13.1 Å². The van der Waals surface area contributed by atoms with Crippen molar-refractivity contribution < 1.29 is 18.6 Å². The Labute approximate surface area is 222 Å². The highest BCUT2D eigenvalue weighted by molar-refractivity contribution is 5.86. The minimum absolute atomic E-state index is 0.385. The third-order valence-electron chi connectivity index (χ3n) is 7.73. The predicted octanol–water partition coefficient (Wildman–Crippen LogP) is 5.29. The second-order valence-electron chi connectivity index (χ2n) is 9.99. The molecule has 0 bridgehead atoms. The minimum Gasteiger partial charge on any atom is -0.493 e. The monoisotopic (exact) mass is 512 g/mol. The molecule has 3 aromatic carbocycles. The highest BCUT2D eigenvalue weighted by Crippen LogP contribution is 2.36. The maximum atomic E-state index is 13.1. The Morgan fingerprint density at radius 3 is 2.47 bits per heavy atom. The summed E-state index contributed by atoms with van der Waals surface area (Å²) in [6.45, 7) is 4.36. The van der Waals surface area contributed by atoms with Gasteiger partial charge in [-0.1, -0.05) is 36.4 Å². The lowest BCUT2D eigenvalue weighted by Crippen LogP contribution is -2.47. The van der Waals surface area contributed by atoms with Crippen molar-refractivity contribution in [1.82, 2.24) is 9.80 Å². The van der Waals surface area contributed by atoms with Crippen LogP contribution < -0.4 is 19.8 Å². The van der Waals surface area contributed by atoms with Gasteiger partial charge in [0.15, 0.2) is 11.5 Å². The smallest absolute Gasteiger partial charge is 0.344 e. The van der Waals surface area contributed by atoms with E-state index in [1.54, 1.807) is 26.4 Å². The van der Waals surface area contributed by atoms with Gasteiger partial charge in [0.2, 0.25) is 0 Å². The van der Waals surface area contributed by atoms with Crippen LogP contribution in [0.1, 0.15) is 24.0 Å². The summed E-state index contributed by atoms with van der Waals surface area (Å²) in [5, 5.41) is 0.872. The average Bonchev–Trinajstić information content (AvgIpc) is 2.97. The van der Waals surface area contributed by atoms with Crippen LogP contribution in [0.3, 0.4) is 0 Å². The van der Waals surface area contributed by atoms with Gasteiger partial charge in [0.25, 0.3) is 0 Å². The normalized spacial score (nSPS) is 16.7. The number of likely N-dealkylation sites (tertiary alicyclic amines) is 1. The molecule has 0 aliphatic carbocycles. The number of hydrogen-bond donors (Lipinski definition) is 0.